The fourth-order valence-corrected chi connectivity index (χ4v) is 3.28. The van der Waals surface area contributed by atoms with Gasteiger partial charge in [-0.2, -0.15) is 0 Å². The number of thiophene rings is 1. The summed E-state index contributed by atoms with van der Waals surface area (Å²) < 4.78 is 0.476. The van der Waals surface area contributed by atoms with Crippen molar-refractivity contribution in [3.63, 3.8) is 0 Å². The molecule has 0 saturated carbocycles. The van der Waals surface area contributed by atoms with Gasteiger partial charge in [0.2, 0.25) is 0 Å². The SMILES string of the molecule is O=C(O)C1CCN(C(=O)c2ccc(Cl)s2)CC1C(=O)O. The summed E-state index contributed by atoms with van der Waals surface area (Å²) in [5, 5.41) is 18.1. The zero-order valence-corrected chi connectivity index (χ0v) is 11.9. The number of amides is 1. The molecular formula is C12H12ClNO5S. The highest BCUT2D eigenvalue weighted by atomic mass is 35.5. The number of nitrogens with zero attached hydrogens (tertiary/aromatic N) is 1. The van der Waals surface area contributed by atoms with E-state index < -0.39 is 23.8 Å². The fourth-order valence-electron chi connectivity index (χ4n) is 2.27. The average Bonchev–Trinajstić information content (AvgIpc) is 2.83. The first-order valence-electron chi connectivity index (χ1n) is 5.90. The van der Waals surface area contributed by atoms with Crippen molar-refractivity contribution in [2.24, 2.45) is 11.8 Å². The Kier molecular flexibility index (Phi) is 4.29. The van der Waals surface area contributed by atoms with Crippen LogP contribution < -0.4 is 0 Å². The Morgan fingerprint density at radius 3 is 2.35 bits per heavy atom. The molecule has 1 aromatic rings. The van der Waals surface area contributed by atoms with Crippen LogP contribution in [0.15, 0.2) is 12.1 Å². The van der Waals surface area contributed by atoms with Gasteiger partial charge in [-0.3, -0.25) is 14.4 Å². The van der Waals surface area contributed by atoms with Gasteiger partial charge < -0.3 is 15.1 Å². The molecule has 1 aromatic heterocycles. The number of piperidine rings is 1. The van der Waals surface area contributed by atoms with Gasteiger partial charge in [-0.15, -0.1) is 11.3 Å². The van der Waals surface area contributed by atoms with Crippen molar-refractivity contribution in [3.05, 3.63) is 21.3 Å². The fraction of sp³-hybridized carbons (Fsp3) is 0.417. The van der Waals surface area contributed by atoms with Crippen LogP contribution in [0.1, 0.15) is 16.1 Å². The number of rotatable bonds is 3. The Bertz CT molecular complexity index is 558. The molecular weight excluding hydrogens is 306 g/mol. The summed E-state index contributed by atoms with van der Waals surface area (Å²) in [6, 6.07) is 3.17. The molecule has 0 bridgehead atoms. The van der Waals surface area contributed by atoms with E-state index in [1.165, 1.54) is 4.90 Å². The Morgan fingerprint density at radius 2 is 1.85 bits per heavy atom. The van der Waals surface area contributed by atoms with E-state index in [0.717, 1.165) is 11.3 Å². The second-order valence-electron chi connectivity index (χ2n) is 4.53. The van der Waals surface area contributed by atoms with E-state index in [4.69, 9.17) is 21.8 Å². The third-order valence-corrected chi connectivity index (χ3v) is 4.54. The molecule has 0 aliphatic carbocycles. The summed E-state index contributed by atoms with van der Waals surface area (Å²) >= 11 is 6.88. The second kappa shape index (κ2) is 5.80. The molecule has 6 nitrogen and oxygen atoms in total. The van der Waals surface area contributed by atoms with Crippen LogP contribution in [0.25, 0.3) is 0 Å². The second-order valence-corrected chi connectivity index (χ2v) is 6.25. The molecule has 1 fully saturated rings. The lowest BCUT2D eigenvalue weighted by Crippen LogP contribution is -2.48. The lowest BCUT2D eigenvalue weighted by Gasteiger charge is -2.34. The largest absolute Gasteiger partial charge is 0.481 e. The van der Waals surface area contributed by atoms with Crippen LogP contribution in [0.3, 0.4) is 0 Å². The van der Waals surface area contributed by atoms with Crippen LogP contribution in [0.2, 0.25) is 4.34 Å². The first kappa shape index (κ1) is 14.8. The minimum atomic E-state index is -1.20. The van der Waals surface area contributed by atoms with Gasteiger partial charge in [0.25, 0.3) is 5.91 Å². The number of likely N-dealkylation sites (tertiary alicyclic amines) is 1. The maximum atomic E-state index is 12.2. The summed E-state index contributed by atoms with van der Waals surface area (Å²) in [5.74, 6) is -4.68. The Hall–Kier alpha value is -1.60. The molecule has 0 aromatic carbocycles. The number of hydrogen-bond acceptors (Lipinski definition) is 4. The molecule has 0 spiro atoms. The van der Waals surface area contributed by atoms with E-state index in [1.807, 2.05) is 0 Å². The molecule has 8 heteroatoms. The van der Waals surface area contributed by atoms with Crippen LogP contribution in [0, 0.1) is 11.8 Å². The summed E-state index contributed by atoms with van der Waals surface area (Å²) in [5.41, 5.74) is 0. The topological polar surface area (TPSA) is 94.9 Å². The molecule has 0 radical (unpaired) electrons. The predicted octanol–water partition coefficient (Wildman–Crippen LogP) is 1.65. The van der Waals surface area contributed by atoms with Gasteiger partial charge in [0.15, 0.2) is 0 Å². The van der Waals surface area contributed by atoms with Crippen LogP contribution in [0.4, 0.5) is 0 Å². The van der Waals surface area contributed by atoms with E-state index in [1.54, 1.807) is 12.1 Å². The predicted molar refractivity (Wildman–Crippen MR) is 72.1 cm³/mol. The monoisotopic (exact) mass is 317 g/mol. The third-order valence-electron chi connectivity index (χ3n) is 3.32. The quantitative estimate of drug-likeness (QED) is 0.884. The molecule has 1 saturated heterocycles. The highest BCUT2D eigenvalue weighted by Crippen LogP contribution is 2.28. The number of halogens is 1. The van der Waals surface area contributed by atoms with Gasteiger partial charge in [-0.1, -0.05) is 11.6 Å². The zero-order valence-electron chi connectivity index (χ0n) is 10.3. The van der Waals surface area contributed by atoms with Crippen molar-refractivity contribution in [3.8, 4) is 0 Å². The molecule has 2 heterocycles. The first-order valence-corrected chi connectivity index (χ1v) is 7.10. The minimum absolute atomic E-state index is 0.0966. The van der Waals surface area contributed by atoms with Gasteiger partial charge in [-0.25, -0.2) is 0 Å². The van der Waals surface area contributed by atoms with E-state index in [0.29, 0.717) is 9.21 Å². The minimum Gasteiger partial charge on any atom is -0.481 e. The van der Waals surface area contributed by atoms with Crippen LogP contribution in [-0.4, -0.2) is 46.0 Å². The van der Waals surface area contributed by atoms with Crippen molar-refractivity contribution in [1.29, 1.82) is 0 Å². The first-order chi connectivity index (χ1) is 9.40. The average molecular weight is 318 g/mol. The van der Waals surface area contributed by atoms with Crippen LogP contribution in [0.5, 0.6) is 0 Å². The van der Waals surface area contributed by atoms with Crippen LogP contribution in [-0.2, 0) is 9.59 Å². The molecule has 1 amide bonds. The molecule has 2 N–H and O–H groups in total. The smallest absolute Gasteiger partial charge is 0.309 e. The van der Waals surface area contributed by atoms with Crippen molar-refractivity contribution >= 4 is 40.8 Å². The van der Waals surface area contributed by atoms with Crippen molar-refractivity contribution in [2.75, 3.05) is 13.1 Å². The third kappa shape index (κ3) is 2.94. The van der Waals surface area contributed by atoms with Crippen LogP contribution >= 0.6 is 22.9 Å². The molecule has 108 valence electrons. The van der Waals surface area contributed by atoms with E-state index >= 15 is 0 Å². The maximum Gasteiger partial charge on any atom is 0.309 e. The Balaban J connectivity index is 2.14. The van der Waals surface area contributed by atoms with Gasteiger partial charge in [0.1, 0.15) is 0 Å². The molecule has 2 atom stereocenters. The van der Waals surface area contributed by atoms with Gasteiger partial charge >= 0.3 is 11.9 Å². The van der Waals surface area contributed by atoms with Gasteiger partial charge in [-0.05, 0) is 18.6 Å². The lowest BCUT2D eigenvalue weighted by atomic mass is 9.85. The van der Waals surface area contributed by atoms with E-state index in [2.05, 4.69) is 0 Å². The van der Waals surface area contributed by atoms with Crippen molar-refractivity contribution in [1.82, 2.24) is 4.90 Å². The molecule has 2 rings (SSSR count). The van der Waals surface area contributed by atoms with Crippen molar-refractivity contribution in [2.45, 2.75) is 6.42 Å². The van der Waals surface area contributed by atoms with Gasteiger partial charge in [0.05, 0.1) is 21.0 Å². The molecule has 2 unspecified atom stereocenters. The molecule has 1 aliphatic heterocycles. The zero-order chi connectivity index (χ0) is 14.9. The normalized spacial score (nSPS) is 22.6. The standard InChI is InChI=1S/C12H12ClNO5S/c13-9-2-1-8(20-9)10(15)14-4-3-6(11(16)17)7(5-14)12(18)19/h1-2,6-7H,3-5H2,(H,16,17)(H,18,19). The Morgan fingerprint density at radius 1 is 1.20 bits per heavy atom. The molecule has 1 aliphatic rings. The Labute approximate surface area is 123 Å². The number of carbonyl (C=O) groups excluding carboxylic acids is 1. The van der Waals surface area contributed by atoms with E-state index in [-0.39, 0.29) is 25.4 Å². The maximum absolute atomic E-state index is 12.2. The summed E-state index contributed by atoms with van der Waals surface area (Å²) in [7, 11) is 0. The molecule has 20 heavy (non-hydrogen) atoms. The highest BCUT2D eigenvalue weighted by molar-refractivity contribution is 7.17. The number of carboxylic acids is 2. The number of aliphatic carboxylic acids is 2. The van der Waals surface area contributed by atoms with Gasteiger partial charge in [0, 0.05) is 13.1 Å². The highest BCUT2D eigenvalue weighted by Gasteiger charge is 2.40. The van der Waals surface area contributed by atoms with Crippen molar-refractivity contribution < 1.29 is 24.6 Å². The summed E-state index contributed by atoms with van der Waals surface area (Å²) in [6.07, 6.45) is 0.136. The summed E-state index contributed by atoms with van der Waals surface area (Å²) in [4.78, 5) is 36.2. The lowest BCUT2D eigenvalue weighted by molar-refractivity contribution is -0.156. The van der Waals surface area contributed by atoms with E-state index in [9.17, 15) is 14.4 Å². The number of hydrogen-bond donors (Lipinski definition) is 2. The summed E-state index contributed by atoms with van der Waals surface area (Å²) in [6.45, 7) is 0.135. The number of carboxylic acid groups (broad SMARTS) is 2. The number of carbonyl (C=O) groups is 3.